The summed E-state index contributed by atoms with van der Waals surface area (Å²) >= 11 is 0. The largest absolute Gasteiger partial charge is 0.476 e. The zero-order valence-corrected chi connectivity index (χ0v) is 18.8. The van der Waals surface area contributed by atoms with E-state index in [4.69, 9.17) is 17.0 Å². The van der Waals surface area contributed by atoms with Crippen molar-refractivity contribution >= 4 is 11.6 Å². The van der Waals surface area contributed by atoms with E-state index in [1.54, 1.807) is 13.2 Å². The van der Waals surface area contributed by atoms with Crippen molar-refractivity contribution in [1.29, 1.82) is 0 Å². The Morgan fingerprint density at radius 3 is 2.71 bits per heavy atom. The molecule has 3 rings (SSSR count). The highest BCUT2D eigenvalue weighted by molar-refractivity contribution is 5.93. The molecule has 1 amide bonds. The van der Waals surface area contributed by atoms with E-state index in [9.17, 15) is 9.18 Å². The van der Waals surface area contributed by atoms with Crippen molar-refractivity contribution in [3.8, 4) is 5.88 Å². The van der Waals surface area contributed by atoms with Crippen LogP contribution in [0.2, 0.25) is 0 Å². The van der Waals surface area contributed by atoms with Crippen LogP contribution in [-0.4, -0.2) is 69.2 Å². The van der Waals surface area contributed by atoms with Gasteiger partial charge in [-0.3, -0.25) is 9.18 Å². The quantitative estimate of drug-likeness (QED) is 0.448. The molecule has 7 nitrogen and oxygen atoms in total. The molecule has 0 radical (unpaired) electrons. The second-order valence-electron chi connectivity index (χ2n) is 8.42. The standard InChI is InChI=1S/C23H36FN3O4/c1-4-23(5-2,16-30-12-6-11-24)26-21(28)19-9-10-20(27-13-18(14-27)29-3)22(25-19)31-15-17-7-8-17/h9-10,17-18H,4-8,11-16H2,1-3H3,(H,26,28)/i11D2. The second-order valence-corrected chi connectivity index (χ2v) is 8.42. The third-order valence-corrected chi connectivity index (χ3v) is 6.20. The molecule has 1 aliphatic carbocycles. The van der Waals surface area contributed by atoms with Crippen molar-refractivity contribution in [3.05, 3.63) is 17.8 Å². The van der Waals surface area contributed by atoms with Crippen LogP contribution in [0.4, 0.5) is 10.1 Å². The number of pyridine rings is 1. The summed E-state index contributed by atoms with van der Waals surface area (Å²) in [6.07, 6.45) is 3.36. The first-order valence-corrected chi connectivity index (χ1v) is 11.2. The summed E-state index contributed by atoms with van der Waals surface area (Å²) in [5, 5.41) is 3.04. The third kappa shape index (κ3) is 6.29. The summed E-state index contributed by atoms with van der Waals surface area (Å²) < 4.78 is 43.9. The van der Waals surface area contributed by atoms with Gasteiger partial charge in [-0.25, -0.2) is 4.98 Å². The maximum absolute atomic E-state index is 13.1. The molecular formula is C23H36FN3O4. The van der Waals surface area contributed by atoms with Crippen LogP contribution >= 0.6 is 0 Å². The SMILES string of the molecule is [2H]C([2H])(F)CCOCC(CC)(CC)NC(=O)c1ccc(N2CC(OC)C2)c(OCC2CC2)n1. The fourth-order valence-electron chi connectivity index (χ4n) is 3.52. The van der Waals surface area contributed by atoms with Crippen molar-refractivity contribution in [2.75, 3.05) is 51.5 Å². The Bertz CT molecular complexity index is 794. The third-order valence-electron chi connectivity index (χ3n) is 6.20. The summed E-state index contributed by atoms with van der Waals surface area (Å²) in [7, 11) is 1.70. The zero-order valence-electron chi connectivity index (χ0n) is 20.8. The van der Waals surface area contributed by atoms with Crippen LogP contribution in [0, 0.1) is 5.92 Å². The molecule has 1 N–H and O–H groups in total. The molecule has 1 aliphatic heterocycles. The summed E-state index contributed by atoms with van der Waals surface area (Å²) in [5.41, 5.74) is 0.472. The fourth-order valence-corrected chi connectivity index (χ4v) is 3.52. The number of hydrogen-bond donors (Lipinski definition) is 1. The Kier molecular flexibility index (Phi) is 7.49. The number of amides is 1. The van der Waals surface area contributed by atoms with E-state index < -0.39 is 12.2 Å². The smallest absolute Gasteiger partial charge is 0.270 e. The molecule has 0 spiro atoms. The van der Waals surface area contributed by atoms with Crippen molar-refractivity contribution in [1.82, 2.24) is 10.3 Å². The van der Waals surface area contributed by atoms with Gasteiger partial charge in [0.15, 0.2) is 0 Å². The first-order chi connectivity index (χ1) is 15.7. The zero-order chi connectivity index (χ0) is 24.1. The monoisotopic (exact) mass is 439 g/mol. The molecule has 8 heteroatoms. The van der Waals surface area contributed by atoms with Gasteiger partial charge in [-0.05, 0) is 50.2 Å². The Hall–Kier alpha value is -1.93. The van der Waals surface area contributed by atoms with E-state index in [1.807, 2.05) is 19.9 Å². The number of ether oxygens (including phenoxy) is 3. The topological polar surface area (TPSA) is 72.9 Å². The fraction of sp³-hybridized carbons (Fsp3) is 0.739. The number of carbonyl (C=O) groups excluding carboxylic acids is 1. The van der Waals surface area contributed by atoms with E-state index in [0.29, 0.717) is 31.2 Å². The molecule has 0 aromatic carbocycles. The van der Waals surface area contributed by atoms with Gasteiger partial charge in [0.05, 0.1) is 34.2 Å². The minimum absolute atomic E-state index is 0.0640. The molecule has 174 valence electrons. The molecule has 1 aromatic rings. The van der Waals surface area contributed by atoms with Crippen LogP contribution < -0.4 is 15.0 Å². The normalized spacial score (nSPS) is 18.3. The van der Waals surface area contributed by atoms with Crippen molar-refractivity contribution in [3.63, 3.8) is 0 Å². The predicted octanol–water partition coefficient (Wildman–Crippen LogP) is 3.37. The maximum atomic E-state index is 13.1. The number of anilines is 1. The Labute approximate surface area is 187 Å². The molecule has 1 aromatic heterocycles. The summed E-state index contributed by atoms with van der Waals surface area (Å²) in [5.74, 6) is 0.689. The summed E-state index contributed by atoms with van der Waals surface area (Å²) in [6, 6.07) is 3.57. The van der Waals surface area contributed by atoms with E-state index in [2.05, 4.69) is 15.2 Å². The summed E-state index contributed by atoms with van der Waals surface area (Å²) in [6.45, 7) is 3.32. The van der Waals surface area contributed by atoms with E-state index in [0.717, 1.165) is 31.6 Å². The average molecular weight is 440 g/mol. The predicted molar refractivity (Wildman–Crippen MR) is 118 cm³/mol. The average Bonchev–Trinajstić information content (AvgIpc) is 3.58. The lowest BCUT2D eigenvalue weighted by molar-refractivity contribution is 0.0518. The van der Waals surface area contributed by atoms with E-state index in [-0.39, 0.29) is 37.3 Å². The van der Waals surface area contributed by atoms with Crippen LogP contribution in [0.1, 0.15) is 59.2 Å². The van der Waals surface area contributed by atoms with Gasteiger partial charge in [0.25, 0.3) is 5.91 Å². The van der Waals surface area contributed by atoms with Crippen LogP contribution in [0.3, 0.4) is 0 Å². The molecule has 1 saturated carbocycles. The molecule has 0 atom stereocenters. The molecule has 1 saturated heterocycles. The van der Waals surface area contributed by atoms with Crippen molar-refractivity contribution in [2.24, 2.45) is 5.92 Å². The molecule has 2 aliphatic rings. The number of hydrogen-bond acceptors (Lipinski definition) is 6. The van der Waals surface area contributed by atoms with Gasteiger partial charge in [-0.1, -0.05) is 13.8 Å². The maximum Gasteiger partial charge on any atom is 0.270 e. The molecule has 2 heterocycles. The van der Waals surface area contributed by atoms with Crippen molar-refractivity contribution < 1.29 is 26.1 Å². The van der Waals surface area contributed by atoms with E-state index >= 15 is 0 Å². The number of methoxy groups -OCH3 is 1. The number of carbonyl (C=O) groups is 1. The number of aromatic nitrogens is 1. The van der Waals surface area contributed by atoms with Crippen LogP contribution in [0.15, 0.2) is 12.1 Å². The Morgan fingerprint density at radius 1 is 1.35 bits per heavy atom. The first-order valence-electron chi connectivity index (χ1n) is 12.2. The number of halogens is 1. The number of alkyl halides is 1. The van der Waals surface area contributed by atoms with Gasteiger partial charge in [-0.2, -0.15) is 0 Å². The number of nitrogens with one attached hydrogen (secondary N) is 1. The molecule has 2 fully saturated rings. The Morgan fingerprint density at radius 2 is 2.10 bits per heavy atom. The van der Waals surface area contributed by atoms with Gasteiger partial charge in [0.1, 0.15) is 11.4 Å². The van der Waals surface area contributed by atoms with Gasteiger partial charge in [0, 0.05) is 26.8 Å². The highest BCUT2D eigenvalue weighted by atomic mass is 19.1. The minimum Gasteiger partial charge on any atom is -0.476 e. The lowest BCUT2D eigenvalue weighted by Gasteiger charge is -2.40. The van der Waals surface area contributed by atoms with Crippen molar-refractivity contribution in [2.45, 2.75) is 57.6 Å². The Balaban J connectivity index is 1.67. The van der Waals surface area contributed by atoms with Gasteiger partial charge in [-0.15, -0.1) is 0 Å². The van der Waals surface area contributed by atoms with Gasteiger partial charge < -0.3 is 24.4 Å². The van der Waals surface area contributed by atoms with Gasteiger partial charge in [0.2, 0.25) is 5.88 Å². The minimum atomic E-state index is -2.77. The van der Waals surface area contributed by atoms with Gasteiger partial charge >= 0.3 is 0 Å². The number of rotatable bonds is 14. The van der Waals surface area contributed by atoms with Crippen LogP contribution in [0.25, 0.3) is 0 Å². The number of nitrogens with zero attached hydrogens (tertiary/aromatic N) is 2. The highest BCUT2D eigenvalue weighted by Crippen LogP contribution is 2.34. The lowest BCUT2D eigenvalue weighted by atomic mass is 9.93. The highest BCUT2D eigenvalue weighted by Gasteiger charge is 2.32. The van der Waals surface area contributed by atoms with Crippen LogP contribution in [0.5, 0.6) is 5.88 Å². The molecule has 31 heavy (non-hydrogen) atoms. The molecule has 0 unspecified atom stereocenters. The first kappa shape index (κ1) is 20.9. The van der Waals surface area contributed by atoms with Crippen LogP contribution in [-0.2, 0) is 9.47 Å². The molecule has 0 bridgehead atoms. The molecular weight excluding hydrogens is 401 g/mol. The lowest BCUT2D eigenvalue weighted by Crippen LogP contribution is -2.52. The summed E-state index contributed by atoms with van der Waals surface area (Å²) in [4.78, 5) is 19.8. The second kappa shape index (κ2) is 11.1. The van der Waals surface area contributed by atoms with E-state index in [1.165, 1.54) is 0 Å².